The maximum absolute atomic E-state index is 12.4. The zero-order valence-corrected chi connectivity index (χ0v) is 16.3. The number of methoxy groups -OCH3 is 1. The highest BCUT2D eigenvalue weighted by molar-refractivity contribution is 6.30. The summed E-state index contributed by atoms with van der Waals surface area (Å²) in [5, 5.41) is 0.717. The van der Waals surface area contributed by atoms with Crippen molar-refractivity contribution in [3.63, 3.8) is 0 Å². The fourth-order valence-corrected chi connectivity index (χ4v) is 3.97. The first-order valence-corrected chi connectivity index (χ1v) is 9.97. The number of amides is 1. The number of hydrogen-bond acceptors (Lipinski definition) is 4. The lowest BCUT2D eigenvalue weighted by Gasteiger charge is -2.35. The zero-order valence-electron chi connectivity index (χ0n) is 15.6. The van der Waals surface area contributed by atoms with E-state index in [1.807, 2.05) is 23.1 Å². The molecule has 3 rings (SSSR count). The van der Waals surface area contributed by atoms with Crippen molar-refractivity contribution in [3.8, 4) is 5.75 Å². The molecule has 2 aliphatic rings. The van der Waals surface area contributed by atoms with Gasteiger partial charge in [0.15, 0.2) is 0 Å². The molecular weight excluding hydrogens is 352 g/mol. The third kappa shape index (κ3) is 5.35. The van der Waals surface area contributed by atoms with Crippen LogP contribution in [0.3, 0.4) is 0 Å². The van der Waals surface area contributed by atoms with Crippen molar-refractivity contribution >= 4 is 17.5 Å². The number of nitrogens with zero attached hydrogens (tertiary/aromatic N) is 2. The number of piperazine rings is 1. The molecule has 1 heterocycles. The molecule has 0 bridgehead atoms. The summed E-state index contributed by atoms with van der Waals surface area (Å²) >= 11 is 6.11. The minimum absolute atomic E-state index is 0.121. The Bertz CT molecular complexity index is 597. The van der Waals surface area contributed by atoms with E-state index in [1.54, 1.807) is 7.11 Å². The summed E-state index contributed by atoms with van der Waals surface area (Å²) in [4.78, 5) is 16.7. The maximum atomic E-state index is 12.4. The summed E-state index contributed by atoms with van der Waals surface area (Å²) < 4.78 is 11.3. The van der Waals surface area contributed by atoms with E-state index in [1.165, 1.54) is 19.3 Å². The monoisotopic (exact) mass is 380 g/mol. The van der Waals surface area contributed by atoms with E-state index in [9.17, 15) is 4.79 Å². The third-order valence-electron chi connectivity index (χ3n) is 5.36. The van der Waals surface area contributed by atoms with Crippen LogP contribution in [0.25, 0.3) is 0 Å². The summed E-state index contributed by atoms with van der Waals surface area (Å²) in [7, 11) is 1.68. The largest absolute Gasteiger partial charge is 0.496 e. The molecular formula is C20H29ClN2O3. The lowest BCUT2D eigenvalue weighted by Crippen LogP contribution is -2.49. The molecule has 0 aromatic heterocycles. The number of halogens is 1. The van der Waals surface area contributed by atoms with Gasteiger partial charge in [0, 0.05) is 43.3 Å². The second kappa shape index (κ2) is 9.58. The first-order chi connectivity index (χ1) is 12.7. The van der Waals surface area contributed by atoms with Crippen molar-refractivity contribution in [1.82, 2.24) is 9.80 Å². The van der Waals surface area contributed by atoms with Crippen LogP contribution in [0.5, 0.6) is 5.75 Å². The number of rotatable bonds is 6. The molecule has 0 N–H and O–H groups in total. The van der Waals surface area contributed by atoms with Gasteiger partial charge in [-0.2, -0.15) is 0 Å². The fraction of sp³-hybridized carbons (Fsp3) is 0.650. The Kier molecular flexibility index (Phi) is 7.17. The van der Waals surface area contributed by atoms with E-state index in [0.717, 1.165) is 61.9 Å². The standard InChI is InChI=1S/C20H29ClN2O3/c1-25-19-8-7-17(21)13-16(19)14-22-9-11-23(12-10-22)20(24)15-26-18-5-3-2-4-6-18/h7-8,13,18H,2-6,9-12,14-15H2,1H3. The minimum atomic E-state index is 0.121. The Balaban J connectivity index is 1.43. The van der Waals surface area contributed by atoms with Crippen LogP contribution in [-0.4, -0.2) is 61.7 Å². The van der Waals surface area contributed by atoms with E-state index in [0.29, 0.717) is 0 Å². The Hall–Kier alpha value is -1.30. The molecule has 1 aromatic rings. The Morgan fingerprint density at radius 1 is 1.15 bits per heavy atom. The van der Waals surface area contributed by atoms with Gasteiger partial charge in [0.1, 0.15) is 12.4 Å². The lowest BCUT2D eigenvalue weighted by atomic mass is 9.98. The molecule has 1 saturated heterocycles. The topological polar surface area (TPSA) is 42.0 Å². The van der Waals surface area contributed by atoms with Gasteiger partial charge in [-0.05, 0) is 31.0 Å². The van der Waals surface area contributed by atoms with Crippen molar-refractivity contribution in [3.05, 3.63) is 28.8 Å². The van der Waals surface area contributed by atoms with Gasteiger partial charge in [0.05, 0.1) is 13.2 Å². The molecule has 0 radical (unpaired) electrons. The van der Waals surface area contributed by atoms with E-state index in [4.69, 9.17) is 21.1 Å². The van der Waals surface area contributed by atoms with Crippen LogP contribution < -0.4 is 4.74 Å². The van der Waals surface area contributed by atoms with Gasteiger partial charge < -0.3 is 14.4 Å². The third-order valence-corrected chi connectivity index (χ3v) is 5.59. The molecule has 144 valence electrons. The van der Waals surface area contributed by atoms with Crippen LogP contribution in [0.15, 0.2) is 18.2 Å². The SMILES string of the molecule is COc1ccc(Cl)cc1CN1CCN(C(=O)COC2CCCCC2)CC1. The van der Waals surface area contributed by atoms with Gasteiger partial charge in [0.25, 0.3) is 0 Å². The highest BCUT2D eigenvalue weighted by Crippen LogP contribution is 2.24. The van der Waals surface area contributed by atoms with Crippen LogP contribution in [0.2, 0.25) is 5.02 Å². The molecule has 1 saturated carbocycles. The molecule has 2 fully saturated rings. The van der Waals surface area contributed by atoms with E-state index in [2.05, 4.69) is 4.90 Å². The van der Waals surface area contributed by atoms with Crippen molar-refractivity contribution in [2.75, 3.05) is 39.9 Å². The highest BCUT2D eigenvalue weighted by Gasteiger charge is 2.23. The second-order valence-corrected chi connectivity index (χ2v) is 7.62. The van der Waals surface area contributed by atoms with Crippen LogP contribution in [-0.2, 0) is 16.1 Å². The molecule has 1 amide bonds. The summed E-state index contributed by atoms with van der Waals surface area (Å²) in [6.45, 7) is 4.21. The minimum Gasteiger partial charge on any atom is -0.496 e. The van der Waals surface area contributed by atoms with Gasteiger partial charge in [-0.15, -0.1) is 0 Å². The molecule has 1 aromatic carbocycles. The highest BCUT2D eigenvalue weighted by atomic mass is 35.5. The number of carbonyl (C=O) groups excluding carboxylic acids is 1. The summed E-state index contributed by atoms with van der Waals surface area (Å²) in [6, 6.07) is 5.70. The maximum Gasteiger partial charge on any atom is 0.248 e. The lowest BCUT2D eigenvalue weighted by molar-refractivity contribution is -0.140. The van der Waals surface area contributed by atoms with E-state index >= 15 is 0 Å². The smallest absolute Gasteiger partial charge is 0.248 e. The van der Waals surface area contributed by atoms with Gasteiger partial charge in [-0.3, -0.25) is 9.69 Å². The number of hydrogen-bond donors (Lipinski definition) is 0. The van der Waals surface area contributed by atoms with Crippen molar-refractivity contribution in [2.45, 2.75) is 44.8 Å². The normalized spacial score (nSPS) is 19.5. The quantitative estimate of drug-likeness (QED) is 0.759. The first kappa shape index (κ1) is 19.5. The predicted octanol–water partition coefficient (Wildman–Crippen LogP) is 3.34. The van der Waals surface area contributed by atoms with Gasteiger partial charge in [-0.1, -0.05) is 30.9 Å². The molecule has 0 spiro atoms. The van der Waals surface area contributed by atoms with Crippen LogP contribution in [0.1, 0.15) is 37.7 Å². The number of carbonyl (C=O) groups is 1. The zero-order chi connectivity index (χ0) is 18.4. The van der Waals surface area contributed by atoms with Gasteiger partial charge >= 0.3 is 0 Å². The van der Waals surface area contributed by atoms with Gasteiger partial charge in [-0.25, -0.2) is 0 Å². The first-order valence-electron chi connectivity index (χ1n) is 9.60. The molecule has 0 unspecified atom stereocenters. The van der Waals surface area contributed by atoms with Crippen LogP contribution >= 0.6 is 11.6 Å². The summed E-state index contributed by atoms with van der Waals surface area (Å²) in [5.74, 6) is 0.976. The molecule has 0 atom stereocenters. The Labute approximate surface area is 161 Å². The van der Waals surface area contributed by atoms with Crippen molar-refractivity contribution in [1.29, 1.82) is 0 Å². The Morgan fingerprint density at radius 3 is 2.58 bits per heavy atom. The van der Waals surface area contributed by atoms with Crippen molar-refractivity contribution in [2.24, 2.45) is 0 Å². The molecule has 26 heavy (non-hydrogen) atoms. The van der Waals surface area contributed by atoms with Gasteiger partial charge in [0.2, 0.25) is 5.91 Å². The predicted molar refractivity (Wildman–Crippen MR) is 103 cm³/mol. The summed E-state index contributed by atoms with van der Waals surface area (Å²) in [5.41, 5.74) is 1.08. The average Bonchev–Trinajstić information content (AvgIpc) is 2.68. The summed E-state index contributed by atoms with van der Waals surface area (Å²) in [6.07, 6.45) is 6.23. The molecule has 5 nitrogen and oxygen atoms in total. The van der Waals surface area contributed by atoms with Crippen molar-refractivity contribution < 1.29 is 14.3 Å². The fourth-order valence-electron chi connectivity index (χ4n) is 3.78. The molecule has 6 heteroatoms. The second-order valence-electron chi connectivity index (χ2n) is 7.18. The van der Waals surface area contributed by atoms with E-state index in [-0.39, 0.29) is 18.6 Å². The van der Waals surface area contributed by atoms with Crippen LogP contribution in [0.4, 0.5) is 0 Å². The number of ether oxygens (including phenoxy) is 2. The van der Waals surface area contributed by atoms with Crippen LogP contribution in [0, 0.1) is 0 Å². The Morgan fingerprint density at radius 2 is 1.88 bits per heavy atom. The van der Waals surface area contributed by atoms with E-state index < -0.39 is 0 Å². The molecule has 1 aliphatic carbocycles. The average molecular weight is 381 g/mol. The number of benzene rings is 1. The molecule has 1 aliphatic heterocycles.